The van der Waals surface area contributed by atoms with Gasteiger partial charge in [-0.25, -0.2) is 8.78 Å². The number of hydrogen-bond donors (Lipinski definition) is 0. The highest BCUT2D eigenvalue weighted by Crippen LogP contribution is 2.28. The molecule has 2 unspecified atom stereocenters. The van der Waals surface area contributed by atoms with Gasteiger partial charge in [-0.1, -0.05) is 6.92 Å². The topological polar surface area (TPSA) is 26.3 Å². The van der Waals surface area contributed by atoms with E-state index in [0.717, 1.165) is 12.1 Å². The number of halogens is 2. The first-order valence-electron chi connectivity index (χ1n) is 6.16. The number of aryl methyl sites for hydroxylation is 1. The normalized spacial score (nSPS) is 23.3. The summed E-state index contributed by atoms with van der Waals surface area (Å²) in [5.74, 6) is -1.91. The summed E-state index contributed by atoms with van der Waals surface area (Å²) in [6.07, 6.45) is 1.10. The molecule has 1 fully saturated rings. The van der Waals surface area contributed by atoms with Crippen LogP contribution in [0.2, 0.25) is 0 Å². The molecule has 1 aliphatic rings. The number of hydrogen-bond acceptors (Lipinski definition) is 2. The van der Waals surface area contributed by atoms with E-state index in [2.05, 4.69) is 0 Å². The Labute approximate surface area is 105 Å². The number of carbonyl (C=O) groups excluding carboxylic acids is 1. The third-order valence-corrected chi connectivity index (χ3v) is 3.46. The van der Waals surface area contributed by atoms with Crippen LogP contribution in [0, 0.1) is 24.5 Å². The maximum absolute atomic E-state index is 13.7. The van der Waals surface area contributed by atoms with E-state index in [0.29, 0.717) is 19.4 Å². The molecule has 98 valence electrons. The Balaban J connectivity index is 2.31. The van der Waals surface area contributed by atoms with Crippen LogP contribution in [0.25, 0.3) is 0 Å². The van der Waals surface area contributed by atoms with Crippen LogP contribution in [0.5, 0.6) is 0 Å². The molecule has 1 aliphatic heterocycles. The van der Waals surface area contributed by atoms with Crippen molar-refractivity contribution in [1.82, 2.24) is 0 Å². The summed E-state index contributed by atoms with van der Waals surface area (Å²) in [6, 6.07) is 2.07. The molecule has 0 spiro atoms. The van der Waals surface area contributed by atoms with Crippen molar-refractivity contribution in [1.29, 1.82) is 0 Å². The minimum absolute atomic E-state index is 0.160. The average molecular weight is 254 g/mol. The maximum Gasteiger partial charge on any atom is 0.171 e. The summed E-state index contributed by atoms with van der Waals surface area (Å²) < 4.78 is 32.6. The lowest BCUT2D eigenvalue weighted by atomic mass is 9.90. The third-order valence-electron chi connectivity index (χ3n) is 3.46. The van der Waals surface area contributed by atoms with Gasteiger partial charge in [0.1, 0.15) is 11.6 Å². The molecule has 0 aromatic heterocycles. The molecule has 1 saturated heterocycles. The van der Waals surface area contributed by atoms with E-state index >= 15 is 0 Å². The molecular weight excluding hydrogens is 238 g/mol. The SMILES string of the molecule is CCC1OCCC1C(=O)c1cc(F)c(C)cc1F. The van der Waals surface area contributed by atoms with Crippen LogP contribution in [-0.2, 0) is 4.74 Å². The molecule has 0 N–H and O–H groups in total. The predicted molar refractivity (Wildman–Crippen MR) is 63.6 cm³/mol. The van der Waals surface area contributed by atoms with Gasteiger partial charge < -0.3 is 4.74 Å². The molecule has 18 heavy (non-hydrogen) atoms. The van der Waals surface area contributed by atoms with E-state index in [1.807, 2.05) is 6.92 Å². The van der Waals surface area contributed by atoms with Gasteiger partial charge in [-0.2, -0.15) is 0 Å². The van der Waals surface area contributed by atoms with E-state index < -0.39 is 11.6 Å². The van der Waals surface area contributed by atoms with E-state index in [1.165, 1.54) is 6.92 Å². The fourth-order valence-corrected chi connectivity index (χ4v) is 2.39. The first-order valence-corrected chi connectivity index (χ1v) is 6.16. The summed E-state index contributed by atoms with van der Waals surface area (Å²) in [5.41, 5.74) is 0.0470. The fourth-order valence-electron chi connectivity index (χ4n) is 2.39. The lowest BCUT2D eigenvalue weighted by Crippen LogP contribution is -2.24. The van der Waals surface area contributed by atoms with Gasteiger partial charge in [0.25, 0.3) is 0 Å². The minimum atomic E-state index is -0.652. The van der Waals surface area contributed by atoms with Gasteiger partial charge >= 0.3 is 0 Å². The van der Waals surface area contributed by atoms with Crippen molar-refractivity contribution >= 4 is 5.78 Å². The molecule has 0 saturated carbocycles. The fraction of sp³-hybridized carbons (Fsp3) is 0.500. The van der Waals surface area contributed by atoms with E-state index in [4.69, 9.17) is 4.74 Å². The Morgan fingerprint density at radius 1 is 1.39 bits per heavy atom. The predicted octanol–water partition coefficient (Wildman–Crippen LogP) is 3.27. The van der Waals surface area contributed by atoms with Gasteiger partial charge in [-0.15, -0.1) is 0 Å². The Bertz CT molecular complexity index is 471. The number of benzene rings is 1. The molecule has 2 atom stereocenters. The van der Waals surface area contributed by atoms with Gasteiger partial charge in [0.2, 0.25) is 0 Å². The highest BCUT2D eigenvalue weighted by molar-refractivity contribution is 5.98. The molecule has 1 heterocycles. The summed E-state index contributed by atoms with van der Waals surface area (Å²) in [4.78, 5) is 12.2. The van der Waals surface area contributed by atoms with Gasteiger partial charge in [-0.05, 0) is 37.5 Å². The largest absolute Gasteiger partial charge is 0.377 e. The minimum Gasteiger partial charge on any atom is -0.377 e. The second-order valence-corrected chi connectivity index (χ2v) is 4.66. The number of ketones is 1. The number of carbonyl (C=O) groups is 1. The summed E-state index contributed by atoms with van der Waals surface area (Å²) in [5, 5.41) is 0. The molecule has 2 rings (SSSR count). The standard InChI is InChI=1S/C14H16F2O2/c1-3-13-9(4-5-18-13)14(17)10-7-11(15)8(2)6-12(10)16/h6-7,9,13H,3-5H2,1-2H3. The van der Waals surface area contributed by atoms with Gasteiger partial charge in [0, 0.05) is 6.61 Å². The molecule has 2 nitrogen and oxygen atoms in total. The zero-order valence-electron chi connectivity index (χ0n) is 10.5. The van der Waals surface area contributed by atoms with Crippen LogP contribution in [0.1, 0.15) is 35.7 Å². The second-order valence-electron chi connectivity index (χ2n) is 4.66. The third kappa shape index (κ3) is 2.29. The Hall–Kier alpha value is -1.29. The monoisotopic (exact) mass is 254 g/mol. The van der Waals surface area contributed by atoms with Crippen LogP contribution in [0.15, 0.2) is 12.1 Å². The molecule has 0 amide bonds. The van der Waals surface area contributed by atoms with Crippen LogP contribution in [-0.4, -0.2) is 18.5 Å². The lowest BCUT2D eigenvalue weighted by molar-refractivity contribution is 0.0686. The van der Waals surface area contributed by atoms with Crippen molar-refractivity contribution in [3.05, 3.63) is 34.9 Å². The van der Waals surface area contributed by atoms with E-state index in [-0.39, 0.29) is 28.9 Å². The Morgan fingerprint density at radius 2 is 2.11 bits per heavy atom. The highest BCUT2D eigenvalue weighted by Gasteiger charge is 2.34. The van der Waals surface area contributed by atoms with Crippen molar-refractivity contribution in [2.45, 2.75) is 32.8 Å². The quantitative estimate of drug-likeness (QED) is 0.774. The molecule has 4 heteroatoms. The average Bonchev–Trinajstić information content (AvgIpc) is 2.81. The van der Waals surface area contributed by atoms with Crippen molar-refractivity contribution in [2.24, 2.45) is 5.92 Å². The Morgan fingerprint density at radius 3 is 2.78 bits per heavy atom. The number of rotatable bonds is 3. The number of Topliss-reactive ketones (excluding diaryl/α,β-unsaturated/α-hetero) is 1. The molecule has 1 aromatic rings. The van der Waals surface area contributed by atoms with Crippen molar-refractivity contribution < 1.29 is 18.3 Å². The van der Waals surface area contributed by atoms with Gasteiger partial charge in [-0.3, -0.25) is 4.79 Å². The van der Waals surface area contributed by atoms with Gasteiger partial charge in [0.15, 0.2) is 5.78 Å². The molecular formula is C14H16F2O2. The van der Waals surface area contributed by atoms with E-state index in [9.17, 15) is 13.6 Å². The van der Waals surface area contributed by atoms with Crippen molar-refractivity contribution in [2.75, 3.05) is 6.61 Å². The molecule has 0 aliphatic carbocycles. The van der Waals surface area contributed by atoms with Gasteiger partial charge in [0.05, 0.1) is 17.6 Å². The van der Waals surface area contributed by atoms with Crippen molar-refractivity contribution in [3.63, 3.8) is 0 Å². The van der Waals surface area contributed by atoms with Crippen LogP contribution >= 0.6 is 0 Å². The van der Waals surface area contributed by atoms with E-state index in [1.54, 1.807) is 0 Å². The maximum atomic E-state index is 13.7. The highest BCUT2D eigenvalue weighted by atomic mass is 19.1. The second kappa shape index (κ2) is 5.14. The summed E-state index contributed by atoms with van der Waals surface area (Å²) >= 11 is 0. The molecule has 0 radical (unpaired) electrons. The van der Waals surface area contributed by atoms with Crippen LogP contribution in [0.4, 0.5) is 8.78 Å². The lowest BCUT2D eigenvalue weighted by Gasteiger charge is -2.16. The first-order chi connectivity index (χ1) is 8.54. The summed E-state index contributed by atoms with van der Waals surface area (Å²) in [7, 11) is 0. The van der Waals surface area contributed by atoms with Crippen molar-refractivity contribution in [3.8, 4) is 0 Å². The molecule has 0 bridgehead atoms. The number of ether oxygens (including phenoxy) is 1. The first kappa shape index (κ1) is 13.1. The van der Waals surface area contributed by atoms with Crippen LogP contribution in [0.3, 0.4) is 0 Å². The van der Waals surface area contributed by atoms with Crippen LogP contribution < -0.4 is 0 Å². The summed E-state index contributed by atoms with van der Waals surface area (Å²) in [6.45, 7) is 3.90. The zero-order chi connectivity index (χ0) is 13.3. The smallest absolute Gasteiger partial charge is 0.171 e. The zero-order valence-corrected chi connectivity index (χ0v) is 10.5. The molecule has 1 aromatic carbocycles. The Kier molecular flexibility index (Phi) is 3.76.